The van der Waals surface area contributed by atoms with E-state index in [4.69, 9.17) is 4.74 Å². The summed E-state index contributed by atoms with van der Waals surface area (Å²) < 4.78 is 5.16. The average molecular weight is 139 g/mol. The highest BCUT2D eigenvalue weighted by Crippen LogP contribution is 2.16. The van der Waals surface area contributed by atoms with E-state index in [1.54, 1.807) is 7.11 Å². The minimum Gasteiger partial charge on any atom is -0.501 e. The van der Waals surface area contributed by atoms with Gasteiger partial charge in [-0.15, -0.1) is 0 Å². The van der Waals surface area contributed by atoms with Gasteiger partial charge < -0.3 is 4.74 Å². The maximum Gasteiger partial charge on any atom is 0.102 e. The van der Waals surface area contributed by atoms with Crippen LogP contribution in [0.3, 0.4) is 0 Å². The molecule has 2 nitrogen and oxygen atoms in total. The Bertz CT molecular complexity index is 182. The van der Waals surface area contributed by atoms with Crippen molar-refractivity contribution in [2.45, 2.75) is 26.3 Å². The van der Waals surface area contributed by atoms with Gasteiger partial charge in [-0.05, 0) is 13.8 Å². The Hall–Kier alpha value is -0.790. The van der Waals surface area contributed by atoms with Gasteiger partial charge in [-0.2, -0.15) is 0 Å². The van der Waals surface area contributed by atoms with Crippen molar-refractivity contribution in [3.63, 3.8) is 0 Å². The smallest absolute Gasteiger partial charge is 0.102 e. The lowest BCUT2D eigenvalue weighted by Gasteiger charge is -2.15. The average Bonchev–Trinajstić information content (AvgIpc) is 1.94. The molecule has 0 aromatic carbocycles. The Morgan fingerprint density at radius 2 is 2.40 bits per heavy atom. The zero-order valence-electron chi connectivity index (χ0n) is 6.72. The summed E-state index contributed by atoms with van der Waals surface area (Å²) in [5.41, 5.74) is 1.15. The molecular weight excluding hydrogens is 126 g/mol. The fourth-order valence-corrected chi connectivity index (χ4v) is 1.04. The van der Waals surface area contributed by atoms with Crippen LogP contribution in [-0.4, -0.2) is 19.4 Å². The highest BCUT2D eigenvalue weighted by molar-refractivity contribution is 5.79. The Balaban J connectivity index is 2.74. The monoisotopic (exact) mass is 139 g/mol. The van der Waals surface area contributed by atoms with Crippen molar-refractivity contribution < 1.29 is 4.74 Å². The number of ether oxygens (including phenoxy) is 1. The third-order valence-corrected chi connectivity index (χ3v) is 1.69. The predicted octanol–water partition coefficient (Wildman–Crippen LogP) is 1.77. The van der Waals surface area contributed by atoms with Crippen molar-refractivity contribution in [1.29, 1.82) is 0 Å². The molecule has 1 aliphatic rings. The second-order valence-electron chi connectivity index (χ2n) is 2.64. The van der Waals surface area contributed by atoms with E-state index in [9.17, 15) is 0 Å². The lowest BCUT2D eigenvalue weighted by Crippen LogP contribution is -2.09. The minimum absolute atomic E-state index is 0.388. The Morgan fingerprint density at radius 3 is 2.90 bits per heavy atom. The van der Waals surface area contributed by atoms with Gasteiger partial charge in [0.1, 0.15) is 5.76 Å². The number of hydrogen-bond acceptors (Lipinski definition) is 2. The van der Waals surface area contributed by atoms with Crippen molar-refractivity contribution in [3.05, 3.63) is 11.3 Å². The van der Waals surface area contributed by atoms with Gasteiger partial charge in [-0.1, -0.05) is 0 Å². The first-order valence-corrected chi connectivity index (χ1v) is 3.51. The molecule has 0 aliphatic carbocycles. The minimum atomic E-state index is 0.388. The molecule has 1 rings (SSSR count). The van der Waals surface area contributed by atoms with Crippen LogP contribution in [0.4, 0.5) is 0 Å². The van der Waals surface area contributed by atoms with Crippen LogP contribution in [0.5, 0.6) is 0 Å². The summed E-state index contributed by atoms with van der Waals surface area (Å²) in [7, 11) is 1.71. The first-order chi connectivity index (χ1) is 4.74. The Labute approximate surface area is 61.6 Å². The number of nitrogens with zero attached hydrogens (tertiary/aromatic N) is 1. The summed E-state index contributed by atoms with van der Waals surface area (Å²) in [6, 6.07) is 0.388. The standard InChI is InChI=1S/C8H13NO/c1-6-5-9-7(2)4-8(6)10-3/h5,7H,4H2,1-3H3. The molecular formula is C8H13NO. The van der Waals surface area contributed by atoms with E-state index >= 15 is 0 Å². The molecule has 0 saturated carbocycles. The fraction of sp³-hybridized carbons (Fsp3) is 0.625. The maximum atomic E-state index is 5.16. The summed E-state index contributed by atoms with van der Waals surface area (Å²) in [5, 5.41) is 0. The van der Waals surface area contributed by atoms with Gasteiger partial charge in [-0.3, -0.25) is 4.99 Å². The van der Waals surface area contributed by atoms with Crippen LogP contribution in [0.15, 0.2) is 16.3 Å². The van der Waals surface area contributed by atoms with Gasteiger partial charge in [0.15, 0.2) is 0 Å². The summed E-state index contributed by atoms with van der Waals surface area (Å²) >= 11 is 0. The van der Waals surface area contributed by atoms with Crippen molar-refractivity contribution in [2.75, 3.05) is 7.11 Å². The Morgan fingerprint density at radius 1 is 1.70 bits per heavy atom. The molecule has 0 N–H and O–H groups in total. The van der Waals surface area contributed by atoms with E-state index in [1.165, 1.54) is 0 Å². The zero-order valence-corrected chi connectivity index (χ0v) is 6.72. The van der Waals surface area contributed by atoms with Gasteiger partial charge in [0.25, 0.3) is 0 Å². The molecule has 0 bridgehead atoms. The summed E-state index contributed by atoms with van der Waals surface area (Å²) in [6.45, 7) is 4.11. The lowest BCUT2D eigenvalue weighted by atomic mass is 10.1. The van der Waals surface area contributed by atoms with Crippen molar-refractivity contribution >= 4 is 6.21 Å². The maximum absolute atomic E-state index is 5.16. The highest BCUT2D eigenvalue weighted by atomic mass is 16.5. The van der Waals surface area contributed by atoms with E-state index in [0.717, 1.165) is 17.8 Å². The molecule has 0 spiro atoms. The van der Waals surface area contributed by atoms with Gasteiger partial charge in [0.2, 0.25) is 0 Å². The molecule has 56 valence electrons. The molecule has 0 aromatic heterocycles. The number of aliphatic imine (C=N–C) groups is 1. The zero-order chi connectivity index (χ0) is 7.56. The third-order valence-electron chi connectivity index (χ3n) is 1.69. The van der Waals surface area contributed by atoms with E-state index in [2.05, 4.69) is 11.9 Å². The highest BCUT2D eigenvalue weighted by Gasteiger charge is 2.10. The number of hydrogen-bond donors (Lipinski definition) is 0. The molecule has 2 heteroatoms. The summed E-state index contributed by atoms with van der Waals surface area (Å²) in [4.78, 5) is 4.25. The molecule has 0 aromatic rings. The lowest BCUT2D eigenvalue weighted by molar-refractivity contribution is 0.267. The van der Waals surface area contributed by atoms with Crippen LogP contribution in [0.25, 0.3) is 0 Å². The van der Waals surface area contributed by atoms with E-state index in [-0.39, 0.29) is 0 Å². The van der Waals surface area contributed by atoms with Gasteiger partial charge >= 0.3 is 0 Å². The van der Waals surface area contributed by atoms with Crippen molar-refractivity contribution in [2.24, 2.45) is 4.99 Å². The van der Waals surface area contributed by atoms with Crippen LogP contribution in [0, 0.1) is 0 Å². The largest absolute Gasteiger partial charge is 0.501 e. The Kier molecular flexibility index (Phi) is 2.10. The molecule has 1 heterocycles. The van der Waals surface area contributed by atoms with Crippen LogP contribution < -0.4 is 0 Å². The molecule has 0 radical (unpaired) electrons. The molecule has 1 atom stereocenters. The van der Waals surface area contributed by atoms with Crippen LogP contribution in [-0.2, 0) is 4.74 Å². The second-order valence-corrected chi connectivity index (χ2v) is 2.64. The number of methoxy groups -OCH3 is 1. The van der Waals surface area contributed by atoms with Gasteiger partial charge in [-0.25, -0.2) is 0 Å². The molecule has 0 saturated heterocycles. The summed E-state index contributed by atoms with van der Waals surface area (Å²) in [6.07, 6.45) is 2.83. The first kappa shape index (κ1) is 7.32. The SMILES string of the molecule is COC1=C(C)C=NC(C)C1. The quantitative estimate of drug-likeness (QED) is 0.542. The van der Waals surface area contributed by atoms with Crippen molar-refractivity contribution in [3.8, 4) is 0 Å². The van der Waals surface area contributed by atoms with Crippen LogP contribution in [0.2, 0.25) is 0 Å². The summed E-state index contributed by atoms with van der Waals surface area (Å²) in [5.74, 6) is 1.07. The van der Waals surface area contributed by atoms with Crippen LogP contribution >= 0.6 is 0 Å². The molecule has 1 unspecified atom stereocenters. The first-order valence-electron chi connectivity index (χ1n) is 3.51. The number of rotatable bonds is 1. The van der Waals surface area contributed by atoms with Crippen molar-refractivity contribution in [1.82, 2.24) is 0 Å². The van der Waals surface area contributed by atoms with E-state index < -0.39 is 0 Å². The number of dihydropyridines is 1. The predicted molar refractivity (Wildman–Crippen MR) is 42.3 cm³/mol. The molecule has 10 heavy (non-hydrogen) atoms. The molecule has 1 aliphatic heterocycles. The van der Waals surface area contributed by atoms with Crippen LogP contribution in [0.1, 0.15) is 20.3 Å². The molecule has 0 fully saturated rings. The number of allylic oxidation sites excluding steroid dienone is 1. The topological polar surface area (TPSA) is 21.6 Å². The van der Waals surface area contributed by atoms with E-state index in [0.29, 0.717) is 6.04 Å². The van der Waals surface area contributed by atoms with Gasteiger partial charge in [0, 0.05) is 18.2 Å². The normalized spacial score (nSPS) is 25.3. The molecule has 0 amide bonds. The van der Waals surface area contributed by atoms with Gasteiger partial charge in [0.05, 0.1) is 13.2 Å². The fourth-order valence-electron chi connectivity index (χ4n) is 1.04. The van der Waals surface area contributed by atoms with E-state index in [1.807, 2.05) is 13.1 Å². The second kappa shape index (κ2) is 2.86. The third kappa shape index (κ3) is 1.38.